The maximum atomic E-state index is 14.1. The number of amides is 1. The number of nitrogens with zero attached hydrogens (tertiary/aromatic N) is 3. The Hall–Kier alpha value is -2.29. The third kappa shape index (κ3) is 13.4. The number of carbonyl (C=O) groups is 2. The Morgan fingerprint density at radius 3 is 2.23 bits per heavy atom. The van der Waals surface area contributed by atoms with Gasteiger partial charge in [0.05, 0.1) is 24.9 Å². The van der Waals surface area contributed by atoms with Gasteiger partial charge in [-0.1, -0.05) is 103 Å². The van der Waals surface area contributed by atoms with Gasteiger partial charge in [-0.25, -0.2) is 4.99 Å². The number of aliphatic hydroxyl groups is 2. The molecule has 1 unspecified atom stereocenters. The smallest absolute Gasteiger partial charge is 0.318 e. The molecule has 5 rings (SSSR count). The number of aliphatic imine (C=N–C) groups is 1. The van der Waals surface area contributed by atoms with Gasteiger partial charge in [0.25, 0.3) is 0 Å². The van der Waals surface area contributed by atoms with Crippen LogP contribution in [0.1, 0.15) is 187 Å². The Labute approximate surface area is 362 Å². The average Bonchev–Trinajstić information content (AvgIpc) is 3.42. The molecule has 13 heteroatoms. The van der Waals surface area contributed by atoms with Crippen LogP contribution < -0.4 is 16.8 Å². The molecule has 60 heavy (non-hydrogen) atoms. The molecule has 5 aliphatic heterocycles. The van der Waals surface area contributed by atoms with Gasteiger partial charge in [0.15, 0.2) is 17.4 Å². The summed E-state index contributed by atoms with van der Waals surface area (Å²) in [6, 6.07) is 0.0183. The van der Waals surface area contributed by atoms with Crippen LogP contribution >= 0.6 is 0 Å². The molecule has 8 atom stereocenters. The number of nitrogens with one attached hydrogen (secondary N) is 1. The van der Waals surface area contributed by atoms with E-state index in [0.29, 0.717) is 64.4 Å². The fraction of sp³-hybridized carbons (Fsp3) is 0.894. The van der Waals surface area contributed by atoms with E-state index in [2.05, 4.69) is 24.4 Å². The zero-order chi connectivity index (χ0) is 42.9. The molecule has 0 aliphatic carbocycles. The lowest BCUT2D eigenvalue weighted by molar-refractivity contribution is -0.243. The number of allylic oxidation sites excluding steroid dienone is 1. The van der Waals surface area contributed by atoms with Crippen molar-refractivity contribution in [3.8, 4) is 0 Å². The van der Waals surface area contributed by atoms with Crippen molar-refractivity contribution in [2.24, 2.45) is 22.4 Å². The summed E-state index contributed by atoms with van der Waals surface area (Å²) in [5.74, 6) is -0.568. The predicted octanol–water partition coefficient (Wildman–Crippen LogP) is 6.92. The number of hydrogen-bond donors (Lipinski definition) is 5. The van der Waals surface area contributed by atoms with Crippen LogP contribution in [0.25, 0.3) is 0 Å². The minimum Gasteiger partial charge on any atom is -0.465 e. The number of guanidine groups is 1. The predicted molar refractivity (Wildman–Crippen MR) is 237 cm³/mol. The van der Waals surface area contributed by atoms with Crippen LogP contribution in [0.5, 0.6) is 0 Å². The maximum Gasteiger partial charge on any atom is 0.318 e. The van der Waals surface area contributed by atoms with E-state index < -0.39 is 29.2 Å². The molecule has 13 nitrogen and oxygen atoms in total. The molecule has 2 spiro atoms. The Morgan fingerprint density at radius 2 is 1.60 bits per heavy atom. The summed E-state index contributed by atoms with van der Waals surface area (Å²) >= 11 is 0. The van der Waals surface area contributed by atoms with Crippen molar-refractivity contribution in [3.05, 3.63) is 12.2 Å². The van der Waals surface area contributed by atoms with Crippen molar-refractivity contribution in [2.75, 3.05) is 32.8 Å². The molecule has 0 bridgehead atoms. The van der Waals surface area contributed by atoms with Crippen LogP contribution in [0.2, 0.25) is 0 Å². The van der Waals surface area contributed by atoms with Crippen LogP contribution in [0, 0.1) is 5.92 Å². The third-order valence-electron chi connectivity index (χ3n) is 13.8. The van der Waals surface area contributed by atoms with E-state index >= 15 is 0 Å². The van der Waals surface area contributed by atoms with Gasteiger partial charge in [-0.15, -0.1) is 0 Å². The molecular weight excluding hydrogens is 761 g/mol. The first kappa shape index (κ1) is 48.7. The van der Waals surface area contributed by atoms with E-state index in [1.54, 1.807) is 4.90 Å². The first-order chi connectivity index (χ1) is 29.1. The van der Waals surface area contributed by atoms with E-state index in [1.807, 2.05) is 11.8 Å². The first-order valence-electron chi connectivity index (χ1n) is 24.5. The van der Waals surface area contributed by atoms with Crippen LogP contribution in [0.3, 0.4) is 0 Å². The lowest BCUT2D eigenvalue weighted by Crippen LogP contribution is -2.75. The standard InChI is InChI=1S/C47H84N6O7/c1-3-40-24-18-19-28-45(60-40)35-38-26-30-47(57)42(46(29-21-23-37(2)59-46)51-44(50-45)53(38)47)43(56)58-34-20-16-14-12-10-8-6-4-5-7-9-11-13-15-17-25-41(55)52(33-22-31-48)36-39(54)27-32-49/h18,24,37-40,42,54,57H,3-17,19-23,25-36,48-49H2,1-2H3,(H,50,51)/t37-,38+,39?,40+,42-,45+,46-,47+/m0/s1. The molecule has 0 radical (unpaired) electrons. The molecule has 0 aromatic carbocycles. The van der Waals surface area contributed by atoms with Gasteiger partial charge in [0.2, 0.25) is 11.9 Å². The molecule has 0 aromatic heterocycles. The largest absolute Gasteiger partial charge is 0.465 e. The van der Waals surface area contributed by atoms with Crippen LogP contribution in [0.15, 0.2) is 17.1 Å². The Morgan fingerprint density at radius 1 is 0.933 bits per heavy atom. The fourth-order valence-electron chi connectivity index (χ4n) is 10.6. The summed E-state index contributed by atoms with van der Waals surface area (Å²) in [6.07, 6.45) is 30.0. The summed E-state index contributed by atoms with van der Waals surface area (Å²) in [4.78, 5) is 35.8. The monoisotopic (exact) mass is 845 g/mol. The summed E-state index contributed by atoms with van der Waals surface area (Å²) in [5, 5.41) is 26.3. The van der Waals surface area contributed by atoms with Gasteiger partial charge in [-0.3, -0.25) is 9.59 Å². The van der Waals surface area contributed by atoms with Crippen LogP contribution in [-0.2, 0) is 23.8 Å². The van der Waals surface area contributed by atoms with Gasteiger partial charge in [0, 0.05) is 32.0 Å². The Bertz CT molecular complexity index is 1370. The summed E-state index contributed by atoms with van der Waals surface area (Å²) < 4.78 is 19.4. The van der Waals surface area contributed by atoms with E-state index in [0.717, 1.165) is 83.5 Å². The molecular formula is C47H84N6O7. The summed E-state index contributed by atoms with van der Waals surface area (Å²) in [6.45, 7) is 6.45. The molecule has 5 heterocycles. The lowest BCUT2D eigenvalue weighted by Gasteiger charge is -2.58. The van der Waals surface area contributed by atoms with Crippen LogP contribution in [0.4, 0.5) is 0 Å². The zero-order valence-corrected chi connectivity index (χ0v) is 37.6. The average molecular weight is 845 g/mol. The lowest BCUT2D eigenvalue weighted by atomic mass is 9.78. The van der Waals surface area contributed by atoms with Gasteiger partial charge in [-0.2, -0.15) is 0 Å². The Kier molecular flexibility index (Phi) is 19.9. The summed E-state index contributed by atoms with van der Waals surface area (Å²) in [5.41, 5.74) is 8.04. The number of aliphatic hydroxyl groups excluding tert-OH is 1. The second-order valence-corrected chi connectivity index (χ2v) is 18.8. The molecule has 3 fully saturated rings. The normalized spacial score (nSPS) is 30.2. The van der Waals surface area contributed by atoms with Gasteiger partial charge in [-0.05, 0) is 97.1 Å². The quantitative estimate of drug-likeness (QED) is 0.0329. The number of unbranched alkanes of at least 4 members (excludes halogenated alkanes) is 14. The molecule has 5 aliphatic rings. The van der Waals surface area contributed by atoms with E-state index in [1.165, 1.54) is 64.2 Å². The van der Waals surface area contributed by atoms with Crippen molar-refractivity contribution in [1.29, 1.82) is 0 Å². The van der Waals surface area contributed by atoms with Gasteiger partial charge in [0.1, 0.15) is 5.72 Å². The molecule has 3 saturated heterocycles. The van der Waals surface area contributed by atoms with Gasteiger partial charge >= 0.3 is 5.97 Å². The van der Waals surface area contributed by atoms with Crippen molar-refractivity contribution in [3.63, 3.8) is 0 Å². The van der Waals surface area contributed by atoms with E-state index in [4.69, 9.17) is 30.7 Å². The second kappa shape index (κ2) is 24.5. The number of esters is 1. The summed E-state index contributed by atoms with van der Waals surface area (Å²) in [7, 11) is 0. The van der Waals surface area contributed by atoms with Crippen molar-refractivity contribution >= 4 is 17.8 Å². The SMILES string of the molecule is CC[C@@H]1C=CCC[C@]2(C[C@H]3CC[C@@]4(O)[C@@H](C(=O)OCCCCCCCCCCCCCCCCCC(=O)N(CCCN)CC(O)CCN)[C@@]5(CCC[C@H](C)O5)N=C(N2)N34)O1. The fourth-order valence-corrected chi connectivity index (χ4v) is 10.6. The Balaban J connectivity index is 0.930. The highest BCUT2D eigenvalue weighted by Crippen LogP contribution is 2.54. The highest BCUT2D eigenvalue weighted by molar-refractivity contribution is 5.87. The minimum atomic E-state index is -1.42. The zero-order valence-electron chi connectivity index (χ0n) is 37.6. The number of ether oxygens (including phenoxy) is 3. The van der Waals surface area contributed by atoms with Crippen LogP contribution in [-0.4, -0.2) is 112 Å². The number of hydrogen-bond acceptors (Lipinski definition) is 12. The molecule has 0 aromatic rings. The number of rotatable bonds is 27. The van der Waals surface area contributed by atoms with Crippen molar-refractivity contribution in [2.45, 2.75) is 229 Å². The van der Waals surface area contributed by atoms with E-state index in [-0.39, 0.29) is 30.1 Å². The van der Waals surface area contributed by atoms with Gasteiger partial charge < -0.3 is 51.0 Å². The number of carbonyl (C=O) groups excluding carboxylic acids is 2. The first-order valence-corrected chi connectivity index (χ1v) is 24.5. The van der Waals surface area contributed by atoms with Crippen molar-refractivity contribution < 1.29 is 34.0 Å². The molecule has 1 amide bonds. The molecule has 0 saturated carbocycles. The third-order valence-corrected chi connectivity index (χ3v) is 13.8. The number of nitrogens with two attached hydrogens (primary N) is 2. The van der Waals surface area contributed by atoms with E-state index in [9.17, 15) is 19.8 Å². The molecule has 344 valence electrons. The minimum absolute atomic E-state index is 0.0183. The topological polar surface area (TPSA) is 185 Å². The maximum absolute atomic E-state index is 14.1. The molecule has 7 N–H and O–H groups in total. The van der Waals surface area contributed by atoms with Crippen molar-refractivity contribution in [1.82, 2.24) is 15.1 Å². The second-order valence-electron chi connectivity index (χ2n) is 18.8. The highest BCUT2D eigenvalue weighted by atomic mass is 16.6. The highest BCUT2D eigenvalue weighted by Gasteiger charge is 2.69.